The summed E-state index contributed by atoms with van der Waals surface area (Å²) in [5, 5.41) is -1.82. The van der Waals surface area contributed by atoms with E-state index in [1.807, 2.05) is 35.2 Å². The smallest absolute Gasteiger partial charge is 0.133 e. The second kappa shape index (κ2) is 3.80. The average molecular weight is 194 g/mol. The minimum atomic E-state index is -1.82. The largest absolute Gasteiger partial charge is 0.246 e. The van der Waals surface area contributed by atoms with Gasteiger partial charge in [-0.25, -0.2) is 4.39 Å². The van der Waals surface area contributed by atoms with E-state index >= 15 is 0 Å². The summed E-state index contributed by atoms with van der Waals surface area (Å²) in [6.45, 7) is 4.05. The van der Waals surface area contributed by atoms with Gasteiger partial charge in [-0.2, -0.15) is 0 Å². The fourth-order valence-electron chi connectivity index (χ4n) is 1.35. The maximum Gasteiger partial charge on any atom is 0.133 e. The Hall–Kier alpha value is -0.355. The molecule has 1 rings (SSSR count). The topological polar surface area (TPSA) is 0 Å². The van der Waals surface area contributed by atoms with Gasteiger partial charge in [0.2, 0.25) is 0 Å². The standard InChI is InChI=1S/C10H13BFP/c1-7(2)8-5-3-4-6-9(8)10(11,12)13/h3-7H,13H2,1-2H3. The van der Waals surface area contributed by atoms with Gasteiger partial charge in [-0.15, -0.1) is 9.24 Å². The van der Waals surface area contributed by atoms with Crippen molar-refractivity contribution in [2.75, 3.05) is 0 Å². The summed E-state index contributed by atoms with van der Waals surface area (Å²) in [6, 6.07) is 7.33. The molecular formula is C10H13BFP. The molecular weight excluding hydrogens is 181 g/mol. The molecule has 3 heteroatoms. The van der Waals surface area contributed by atoms with Gasteiger partial charge >= 0.3 is 0 Å². The zero-order chi connectivity index (χ0) is 10.1. The van der Waals surface area contributed by atoms with Crippen LogP contribution in [0.15, 0.2) is 24.3 Å². The predicted molar refractivity (Wildman–Crippen MR) is 58.8 cm³/mol. The lowest BCUT2D eigenvalue weighted by Gasteiger charge is -2.21. The van der Waals surface area contributed by atoms with Crippen LogP contribution in [0.1, 0.15) is 30.9 Å². The molecule has 0 aromatic heterocycles. The minimum absolute atomic E-state index is 0.287. The van der Waals surface area contributed by atoms with E-state index < -0.39 is 5.31 Å². The number of alkyl halides is 1. The van der Waals surface area contributed by atoms with E-state index in [9.17, 15) is 4.39 Å². The summed E-state index contributed by atoms with van der Waals surface area (Å²) in [7, 11) is 7.41. The Morgan fingerprint density at radius 3 is 2.31 bits per heavy atom. The van der Waals surface area contributed by atoms with Gasteiger partial charge in [-0.3, -0.25) is 0 Å². The molecule has 0 aliphatic heterocycles. The van der Waals surface area contributed by atoms with Crippen LogP contribution in [0.4, 0.5) is 4.39 Å². The van der Waals surface area contributed by atoms with Gasteiger partial charge < -0.3 is 0 Å². The summed E-state index contributed by atoms with van der Waals surface area (Å²) in [4.78, 5) is 0. The lowest BCUT2D eigenvalue weighted by Crippen LogP contribution is -2.13. The molecule has 0 heterocycles. The zero-order valence-corrected chi connectivity index (χ0v) is 9.07. The monoisotopic (exact) mass is 194 g/mol. The molecule has 0 saturated heterocycles. The summed E-state index contributed by atoms with van der Waals surface area (Å²) >= 11 is 0. The molecule has 13 heavy (non-hydrogen) atoms. The van der Waals surface area contributed by atoms with Crippen LogP contribution in [0.25, 0.3) is 0 Å². The maximum absolute atomic E-state index is 13.5. The van der Waals surface area contributed by atoms with E-state index in [-0.39, 0.29) is 5.92 Å². The lowest BCUT2D eigenvalue weighted by atomic mass is 9.86. The molecule has 0 aliphatic carbocycles. The molecule has 0 N–H and O–H groups in total. The van der Waals surface area contributed by atoms with Gasteiger partial charge in [-0.1, -0.05) is 38.1 Å². The summed E-state index contributed by atoms with van der Waals surface area (Å²) in [5.41, 5.74) is 1.51. The van der Waals surface area contributed by atoms with Crippen molar-refractivity contribution in [3.63, 3.8) is 0 Å². The Morgan fingerprint density at radius 2 is 1.92 bits per heavy atom. The molecule has 0 amide bonds. The van der Waals surface area contributed by atoms with E-state index in [1.165, 1.54) is 0 Å². The number of hydrogen-bond donors (Lipinski definition) is 0. The van der Waals surface area contributed by atoms with E-state index in [1.54, 1.807) is 12.1 Å². The third-order valence-corrected chi connectivity index (χ3v) is 2.31. The summed E-state index contributed by atoms with van der Waals surface area (Å²) < 4.78 is 13.5. The first-order chi connectivity index (χ1) is 5.93. The van der Waals surface area contributed by atoms with E-state index in [0.29, 0.717) is 5.56 Å². The van der Waals surface area contributed by atoms with Gasteiger partial charge in [0.15, 0.2) is 0 Å². The molecule has 0 bridgehead atoms. The number of hydrogen-bond acceptors (Lipinski definition) is 0. The Bertz CT molecular complexity index is 291. The zero-order valence-electron chi connectivity index (χ0n) is 7.92. The van der Waals surface area contributed by atoms with Gasteiger partial charge in [0.1, 0.15) is 13.2 Å². The molecule has 0 saturated carbocycles. The van der Waals surface area contributed by atoms with Crippen LogP contribution in [0, 0.1) is 0 Å². The van der Waals surface area contributed by atoms with Crippen molar-refractivity contribution < 1.29 is 4.39 Å². The number of benzene rings is 1. The molecule has 1 aromatic rings. The Morgan fingerprint density at radius 1 is 1.38 bits per heavy atom. The molecule has 0 fully saturated rings. The first kappa shape index (κ1) is 10.7. The van der Waals surface area contributed by atoms with Crippen molar-refractivity contribution in [3.05, 3.63) is 35.4 Å². The molecule has 0 spiro atoms. The van der Waals surface area contributed by atoms with Crippen molar-refractivity contribution >= 4 is 17.1 Å². The normalized spacial score (nSPS) is 15.8. The second-order valence-corrected chi connectivity index (χ2v) is 4.35. The fraction of sp³-hybridized carbons (Fsp3) is 0.400. The first-order valence-corrected chi connectivity index (χ1v) is 4.86. The highest BCUT2D eigenvalue weighted by molar-refractivity contribution is 7.21. The van der Waals surface area contributed by atoms with Crippen LogP contribution in [0.5, 0.6) is 0 Å². The molecule has 0 aliphatic rings. The molecule has 2 atom stereocenters. The molecule has 2 unspecified atom stereocenters. The predicted octanol–water partition coefficient (Wildman–Crippen LogP) is 2.93. The van der Waals surface area contributed by atoms with Crippen LogP contribution in [0.2, 0.25) is 0 Å². The third kappa shape index (κ3) is 2.54. The van der Waals surface area contributed by atoms with Gasteiger partial charge in [0, 0.05) is 0 Å². The summed E-state index contributed by atoms with van der Waals surface area (Å²) in [5.74, 6) is 0.287. The van der Waals surface area contributed by atoms with Gasteiger partial charge in [0.25, 0.3) is 0 Å². The molecule has 1 aromatic carbocycles. The Kier molecular flexibility index (Phi) is 3.13. The summed E-state index contributed by atoms with van der Waals surface area (Å²) in [6.07, 6.45) is 0. The Balaban J connectivity index is 3.20. The van der Waals surface area contributed by atoms with Gasteiger partial charge in [0.05, 0.1) is 0 Å². The average Bonchev–Trinajstić information content (AvgIpc) is 2.03. The molecule has 68 valence electrons. The highest BCUT2D eigenvalue weighted by Gasteiger charge is 2.22. The highest BCUT2D eigenvalue weighted by Crippen LogP contribution is 2.34. The quantitative estimate of drug-likeness (QED) is 0.501. The lowest BCUT2D eigenvalue weighted by molar-refractivity contribution is 0.409. The van der Waals surface area contributed by atoms with Gasteiger partial charge in [-0.05, 0) is 17.0 Å². The van der Waals surface area contributed by atoms with E-state index in [0.717, 1.165) is 5.56 Å². The van der Waals surface area contributed by atoms with Crippen LogP contribution < -0.4 is 0 Å². The SMILES string of the molecule is [B]C(F)(P)c1ccccc1C(C)C. The van der Waals surface area contributed by atoms with Crippen molar-refractivity contribution in [3.8, 4) is 0 Å². The first-order valence-electron chi connectivity index (χ1n) is 4.29. The van der Waals surface area contributed by atoms with Crippen LogP contribution in [-0.2, 0) is 5.31 Å². The van der Waals surface area contributed by atoms with Crippen molar-refractivity contribution in [1.29, 1.82) is 0 Å². The third-order valence-electron chi connectivity index (χ3n) is 2.00. The fourth-order valence-corrected chi connectivity index (χ4v) is 1.61. The second-order valence-electron chi connectivity index (χ2n) is 3.51. The van der Waals surface area contributed by atoms with Crippen LogP contribution >= 0.6 is 9.24 Å². The maximum atomic E-state index is 13.5. The van der Waals surface area contributed by atoms with Crippen LogP contribution in [0.3, 0.4) is 0 Å². The Labute approximate surface area is 82.5 Å². The van der Waals surface area contributed by atoms with Crippen molar-refractivity contribution in [1.82, 2.24) is 0 Å². The van der Waals surface area contributed by atoms with Crippen LogP contribution in [-0.4, -0.2) is 7.85 Å². The molecule has 0 nitrogen and oxygen atoms in total. The van der Waals surface area contributed by atoms with Crippen molar-refractivity contribution in [2.45, 2.75) is 25.1 Å². The van der Waals surface area contributed by atoms with E-state index in [4.69, 9.17) is 7.85 Å². The minimum Gasteiger partial charge on any atom is -0.246 e. The molecule has 2 radical (unpaired) electrons. The highest BCUT2D eigenvalue weighted by atomic mass is 31.0. The number of rotatable bonds is 2. The van der Waals surface area contributed by atoms with Crippen molar-refractivity contribution in [2.24, 2.45) is 0 Å². The number of halogens is 1. The van der Waals surface area contributed by atoms with E-state index in [2.05, 4.69) is 0 Å².